The van der Waals surface area contributed by atoms with Crippen molar-refractivity contribution in [1.82, 2.24) is 0 Å². The Balaban J connectivity index is 3.05. The van der Waals surface area contributed by atoms with Crippen LogP contribution < -0.4 is 0 Å². The molecule has 0 spiro atoms. The quantitative estimate of drug-likeness (QED) is 0.449. The van der Waals surface area contributed by atoms with Crippen LogP contribution in [-0.4, -0.2) is 11.7 Å². The number of halogens is 3. The molecule has 1 aromatic rings. The monoisotopic (exact) mass is 358 g/mol. The second-order valence-corrected chi connectivity index (χ2v) is 4.47. The standard InChI is InChI=1S/C8H5BrClIO/c9-6-2-1-5(3-7(6)11)8(12)4-10/h1-3H,4H2. The average molecular weight is 359 g/mol. The minimum absolute atomic E-state index is 0.0394. The fraction of sp³-hybridized carbons (Fsp3) is 0.125. The number of carbonyl (C=O) groups is 1. The maximum Gasteiger partial charge on any atom is 0.177 e. The van der Waals surface area contributed by atoms with E-state index in [4.69, 9.17) is 11.6 Å². The van der Waals surface area contributed by atoms with Crippen molar-refractivity contribution in [3.63, 3.8) is 0 Å². The molecule has 1 rings (SSSR count). The highest BCUT2D eigenvalue weighted by atomic mass is 127. The van der Waals surface area contributed by atoms with Gasteiger partial charge < -0.3 is 0 Å². The summed E-state index contributed by atoms with van der Waals surface area (Å²) in [6.07, 6.45) is 0. The third kappa shape index (κ3) is 2.44. The fourth-order valence-electron chi connectivity index (χ4n) is 0.747. The van der Waals surface area contributed by atoms with Gasteiger partial charge in [-0.05, 0) is 50.7 Å². The van der Waals surface area contributed by atoms with Gasteiger partial charge in [-0.15, -0.1) is 11.6 Å². The molecule has 0 saturated carbocycles. The second-order valence-electron chi connectivity index (χ2n) is 2.19. The highest BCUT2D eigenvalue weighted by Crippen LogP contribution is 2.20. The smallest absolute Gasteiger partial charge is 0.177 e. The van der Waals surface area contributed by atoms with Gasteiger partial charge in [-0.3, -0.25) is 4.79 Å². The first-order valence-electron chi connectivity index (χ1n) is 3.19. The van der Waals surface area contributed by atoms with Crippen molar-refractivity contribution >= 4 is 55.9 Å². The molecule has 0 aliphatic heterocycles. The minimum atomic E-state index is -0.0397. The van der Waals surface area contributed by atoms with Gasteiger partial charge in [-0.2, -0.15) is 0 Å². The number of alkyl halides is 1. The van der Waals surface area contributed by atoms with Gasteiger partial charge >= 0.3 is 0 Å². The predicted octanol–water partition coefficient (Wildman–Crippen LogP) is 3.48. The van der Waals surface area contributed by atoms with E-state index in [1.165, 1.54) is 0 Å². The SMILES string of the molecule is O=C(CCl)c1ccc(Br)c(I)c1. The van der Waals surface area contributed by atoms with Gasteiger partial charge in [0.2, 0.25) is 0 Å². The summed E-state index contributed by atoms with van der Waals surface area (Å²) in [5.41, 5.74) is 0.664. The van der Waals surface area contributed by atoms with Crippen molar-refractivity contribution in [2.45, 2.75) is 0 Å². The maximum atomic E-state index is 11.1. The summed E-state index contributed by atoms with van der Waals surface area (Å²) in [6.45, 7) is 0. The van der Waals surface area contributed by atoms with Crippen LogP contribution >= 0.6 is 50.1 Å². The van der Waals surface area contributed by atoms with E-state index in [9.17, 15) is 4.79 Å². The molecule has 0 atom stereocenters. The van der Waals surface area contributed by atoms with E-state index in [1.807, 2.05) is 12.1 Å². The van der Waals surface area contributed by atoms with Crippen molar-refractivity contribution in [1.29, 1.82) is 0 Å². The molecule has 0 aromatic heterocycles. The highest BCUT2D eigenvalue weighted by Gasteiger charge is 2.05. The van der Waals surface area contributed by atoms with E-state index in [0.29, 0.717) is 5.56 Å². The highest BCUT2D eigenvalue weighted by molar-refractivity contribution is 14.1. The summed E-state index contributed by atoms with van der Waals surface area (Å²) in [5.74, 6) is -0.000341. The van der Waals surface area contributed by atoms with Gasteiger partial charge in [-0.25, -0.2) is 0 Å². The molecule has 0 fully saturated rings. The third-order valence-electron chi connectivity index (χ3n) is 1.36. The van der Waals surface area contributed by atoms with Gasteiger partial charge in [0.25, 0.3) is 0 Å². The second kappa shape index (κ2) is 4.58. The molecule has 12 heavy (non-hydrogen) atoms. The Kier molecular flexibility index (Phi) is 3.99. The molecule has 4 heteroatoms. The van der Waals surface area contributed by atoms with Crippen molar-refractivity contribution in [2.75, 3.05) is 5.88 Å². The van der Waals surface area contributed by atoms with Gasteiger partial charge in [0, 0.05) is 13.6 Å². The molecular weight excluding hydrogens is 354 g/mol. The topological polar surface area (TPSA) is 17.1 Å². The maximum absolute atomic E-state index is 11.1. The molecule has 1 aromatic carbocycles. The zero-order valence-corrected chi connectivity index (χ0v) is 10.5. The summed E-state index contributed by atoms with van der Waals surface area (Å²) in [5, 5.41) is 0. The molecule has 0 saturated heterocycles. The normalized spacial score (nSPS) is 9.92. The third-order valence-corrected chi connectivity index (χ3v) is 3.93. The van der Waals surface area contributed by atoms with E-state index >= 15 is 0 Å². The summed E-state index contributed by atoms with van der Waals surface area (Å²) >= 11 is 10.9. The van der Waals surface area contributed by atoms with Crippen LogP contribution in [0.15, 0.2) is 22.7 Å². The van der Waals surface area contributed by atoms with E-state index in [-0.39, 0.29) is 11.7 Å². The van der Waals surface area contributed by atoms with Crippen LogP contribution in [0, 0.1) is 3.57 Å². The number of hydrogen-bond donors (Lipinski definition) is 0. The largest absolute Gasteiger partial charge is 0.293 e. The Hall–Kier alpha value is 0.390. The molecule has 0 N–H and O–H groups in total. The zero-order chi connectivity index (χ0) is 9.14. The summed E-state index contributed by atoms with van der Waals surface area (Å²) in [6, 6.07) is 5.42. The summed E-state index contributed by atoms with van der Waals surface area (Å²) < 4.78 is 2.01. The predicted molar refractivity (Wildman–Crippen MR) is 61.9 cm³/mol. The number of benzene rings is 1. The van der Waals surface area contributed by atoms with Crippen LogP contribution in [0.2, 0.25) is 0 Å². The lowest BCUT2D eigenvalue weighted by Gasteiger charge is -1.99. The number of hydrogen-bond acceptors (Lipinski definition) is 1. The van der Waals surface area contributed by atoms with Crippen molar-refractivity contribution in [3.8, 4) is 0 Å². The van der Waals surface area contributed by atoms with E-state index < -0.39 is 0 Å². The Morgan fingerprint density at radius 1 is 1.58 bits per heavy atom. The van der Waals surface area contributed by atoms with Crippen LogP contribution in [-0.2, 0) is 0 Å². The molecule has 64 valence electrons. The van der Waals surface area contributed by atoms with Gasteiger partial charge in [0.1, 0.15) is 0 Å². The molecule has 0 aliphatic rings. The van der Waals surface area contributed by atoms with Crippen LogP contribution in [0.25, 0.3) is 0 Å². The lowest BCUT2D eigenvalue weighted by molar-refractivity contribution is 0.102. The van der Waals surface area contributed by atoms with Crippen LogP contribution in [0.1, 0.15) is 10.4 Å². The van der Waals surface area contributed by atoms with Crippen molar-refractivity contribution in [3.05, 3.63) is 31.8 Å². The fourth-order valence-corrected chi connectivity index (χ4v) is 1.66. The molecular formula is C8H5BrClIO. The molecule has 0 aliphatic carbocycles. The first-order chi connectivity index (χ1) is 5.65. The molecule has 0 amide bonds. The number of Topliss-reactive ketones (excluding diaryl/α,β-unsaturated/α-hetero) is 1. The van der Waals surface area contributed by atoms with Crippen LogP contribution in [0.3, 0.4) is 0 Å². The lowest BCUT2D eigenvalue weighted by Crippen LogP contribution is -2.00. The Labute approximate surface area is 97.8 Å². The lowest BCUT2D eigenvalue weighted by atomic mass is 10.2. The zero-order valence-electron chi connectivity index (χ0n) is 5.98. The number of rotatable bonds is 2. The molecule has 0 unspecified atom stereocenters. The summed E-state index contributed by atoms with van der Waals surface area (Å²) in [7, 11) is 0. The Bertz CT molecular complexity index is 314. The van der Waals surface area contributed by atoms with Gasteiger partial charge in [-0.1, -0.05) is 6.07 Å². The van der Waals surface area contributed by atoms with Crippen molar-refractivity contribution in [2.24, 2.45) is 0 Å². The minimum Gasteiger partial charge on any atom is -0.293 e. The Morgan fingerprint density at radius 2 is 2.25 bits per heavy atom. The summed E-state index contributed by atoms with van der Waals surface area (Å²) in [4.78, 5) is 11.1. The van der Waals surface area contributed by atoms with Crippen LogP contribution in [0.4, 0.5) is 0 Å². The molecule has 1 nitrogen and oxygen atoms in total. The number of carbonyl (C=O) groups excluding carboxylic acids is 1. The average Bonchev–Trinajstić information content (AvgIpc) is 2.08. The first kappa shape index (κ1) is 10.5. The molecule has 0 bridgehead atoms. The van der Waals surface area contributed by atoms with E-state index in [0.717, 1.165) is 8.04 Å². The van der Waals surface area contributed by atoms with Crippen molar-refractivity contribution < 1.29 is 4.79 Å². The van der Waals surface area contributed by atoms with Crippen LogP contribution in [0.5, 0.6) is 0 Å². The van der Waals surface area contributed by atoms with Gasteiger partial charge in [0.15, 0.2) is 5.78 Å². The first-order valence-corrected chi connectivity index (χ1v) is 5.60. The van der Waals surface area contributed by atoms with E-state index in [2.05, 4.69) is 38.5 Å². The van der Waals surface area contributed by atoms with E-state index in [1.54, 1.807) is 6.07 Å². The molecule has 0 radical (unpaired) electrons. The number of ketones is 1. The Morgan fingerprint density at radius 3 is 2.75 bits per heavy atom. The van der Waals surface area contributed by atoms with Gasteiger partial charge in [0.05, 0.1) is 5.88 Å². The molecule has 0 heterocycles.